The van der Waals surface area contributed by atoms with Gasteiger partial charge in [-0.1, -0.05) is 58.3 Å². The number of rotatable bonds is 13. The van der Waals surface area contributed by atoms with E-state index in [2.05, 4.69) is 11.7 Å². The monoisotopic (exact) mass is 312 g/mol. The Bertz CT molecular complexity index is 278. The van der Waals surface area contributed by atoms with Crippen LogP contribution in [0.15, 0.2) is 0 Å². The zero-order chi connectivity index (χ0) is 16.0. The summed E-state index contributed by atoms with van der Waals surface area (Å²) in [7, 11) is 1.46. The normalized spacial score (nSPS) is 21.2. The third-order valence-corrected chi connectivity index (χ3v) is 4.71. The second-order valence-electron chi connectivity index (χ2n) is 6.69. The summed E-state index contributed by atoms with van der Waals surface area (Å²) >= 11 is 0. The van der Waals surface area contributed by atoms with Gasteiger partial charge in [0.25, 0.3) is 0 Å². The Morgan fingerprint density at radius 3 is 2.05 bits per heavy atom. The van der Waals surface area contributed by atoms with E-state index in [0.717, 1.165) is 19.3 Å². The summed E-state index contributed by atoms with van der Waals surface area (Å²) < 4.78 is 10.8. The molecule has 1 rings (SSSR count). The van der Waals surface area contributed by atoms with Gasteiger partial charge in [-0.25, -0.2) is 0 Å². The number of carbonyl (C=O) groups excluding carboxylic acids is 1. The van der Waals surface area contributed by atoms with Crippen molar-refractivity contribution >= 4 is 5.97 Å². The fraction of sp³-hybridized carbons (Fsp3) is 0.947. The number of carbonyl (C=O) groups is 1. The fourth-order valence-corrected chi connectivity index (χ4v) is 3.28. The standard InChI is InChI=1S/C19H36O3/c1-3-4-5-6-7-8-9-12-17-15-16-18(22-17)13-10-11-14-19(20)21-2/h17-18H,3-16H2,1-2H3/t17-,18-/m0/s1. The van der Waals surface area contributed by atoms with E-state index in [4.69, 9.17) is 4.74 Å². The maximum Gasteiger partial charge on any atom is 0.305 e. The maximum absolute atomic E-state index is 11.0. The number of unbranched alkanes of at least 4 members (excludes halogenated alkanes) is 7. The minimum atomic E-state index is -0.0934. The second kappa shape index (κ2) is 12.9. The Balaban J connectivity index is 1.91. The van der Waals surface area contributed by atoms with Crippen LogP contribution < -0.4 is 0 Å². The first-order valence-electron chi connectivity index (χ1n) is 9.48. The molecule has 1 heterocycles. The molecule has 130 valence electrons. The molecule has 0 aliphatic carbocycles. The van der Waals surface area contributed by atoms with Gasteiger partial charge in [-0.15, -0.1) is 0 Å². The molecule has 0 saturated carbocycles. The van der Waals surface area contributed by atoms with Crippen molar-refractivity contribution in [2.24, 2.45) is 0 Å². The molecular formula is C19H36O3. The predicted molar refractivity (Wildman–Crippen MR) is 91.0 cm³/mol. The lowest BCUT2D eigenvalue weighted by Gasteiger charge is -2.13. The molecule has 3 heteroatoms. The Morgan fingerprint density at radius 1 is 0.909 bits per heavy atom. The number of methoxy groups -OCH3 is 1. The van der Waals surface area contributed by atoms with E-state index in [-0.39, 0.29) is 5.97 Å². The molecule has 0 bridgehead atoms. The van der Waals surface area contributed by atoms with Crippen LogP contribution in [0.4, 0.5) is 0 Å². The lowest BCUT2D eigenvalue weighted by molar-refractivity contribution is -0.140. The van der Waals surface area contributed by atoms with E-state index in [1.54, 1.807) is 0 Å². The first kappa shape index (κ1) is 19.5. The number of esters is 1. The molecule has 0 amide bonds. The summed E-state index contributed by atoms with van der Waals surface area (Å²) in [4.78, 5) is 11.0. The average molecular weight is 312 g/mol. The Hall–Kier alpha value is -0.570. The van der Waals surface area contributed by atoms with Crippen LogP contribution in [0, 0.1) is 0 Å². The average Bonchev–Trinajstić information content (AvgIpc) is 2.98. The smallest absolute Gasteiger partial charge is 0.305 e. The Morgan fingerprint density at radius 2 is 1.45 bits per heavy atom. The topological polar surface area (TPSA) is 35.5 Å². The molecule has 0 aromatic heterocycles. The summed E-state index contributed by atoms with van der Waals surface area (Å²) in [6.45, 7) is 2.27. The maximum atomic E-state index is 11.0. The molecule has 0 aromatic carbocycles. The molecule has 3 nitrogen and oxygen atoms in total. The lowest BCUT2D eigenvalue weighted by Crippen LogP contribution is -2.11. The highest BCUT2D eigenvalue weighted by Gasteiger charge is 2.24. The van der Waals surface area contributed by atoms with Gasteiger partial charge >= 0.3 is 5.97 Å². The first-order valence-corrected chi connectivity index (χ1v) is 9.48. The van der Waals surface area contributed by atoms with Gasteiger partial charge in [0.05, 0.1) is 19.3 Å². The largest absolute Gasteiger partial charge is 0.469 e. The summed E-state index contributed by atoms with van der Waals surface area (Å²) in [5.74, 6) is -0.0934. The van der Waals surface area contributed by atoms with Crippen LogP contribution in [0.1, 0.15) is 96.8 Å². The van der Waals surface area contributed by atoms with Crippen molar-refractivity contribution in [2.45, 2.75) is 109 Å². The van der Waals surface area contributed by atoms with E-state index in [1.807, 2.05) is 0 Å². The Labute approximate surface area is 137 Å². The van der Waals surface area contributed by atoms with Gasteiger partial charge in [0, 0.05) is 6.42 Å². The van der Waals surface area contributed by atoms with E-state index < -0.39 is 0 Å². The van der Waals surface area contributed by atoms with Gasteiger partial charge in [0.1, 0.15) is 0 Å². The zero-order valence-corrected chi connectivity index (χ0v) is 14.8. The van der Waals surface area contributed by atoms with E-state index >= 15 is 0 Å². The molecule has 0 unspecified atom stereocenters. The van der Waals surface area contributed by atoms with Crippen LogP contribution in [0.2, 0.25) is 0 Å². The first-order chi connectivity index (χ1) is 10.8. The molecule has 1 saturated heterocycles. The van der Waals surface area contributed by atoms with Crippen LogP contribution in [0.25, 0.3) is 0 Å². The molecule has 0 aromatic rings. The second-order valence-corrected chi connectivity index (χ2v) is 6.69. The van der Waals surface area contributed by atoms with Crippen molar-refractivity contribution in [1.29, 1.82) is 0 Å². The highest BCUT2D eigenvalue weighted by molar-refractivity contribution is 5.68. The molecule has 0 radical (unpaired) electrons. The van der Waals surface area contributed by atoms with Crippen LogP contribution in [0.5, 0.6) is 0 Å². The molecule has 1 fully saturated rings. The highest BCUT2D eigenvalue weighted by Crippen LogP contribution is 2.27. The third kappa shape index (κ3) is 9.45. The van der Waals surface area contributed by atoms with Crippen molar-refractivity contribution in [3.8, 4) is 0 Å². The van der Waals surface area contributed by atoms with Crippen molar-refractivity contribution in [1.82, 2.24) is 0 Å². The van der Waals surface area contributed by atoms with Gasteiger partial charge in [0.2, 0.25) is 0 Å². The van der Waals surface area contributed by atoms with Gasteiger partial charge in [-0.3, -0.25) is 4.79 Å². The summed E-state index contributed by atoms with van der Waals surface area (Å²) in [6, 6.07) is 0. The SMILES string of the molecule is CCCCCCCCC[C@H]1CC[C@H](CCCCC(=O)OC)O1. The zero-order valence-electron chi connectivity index (χ0n) is 14.8. The predicted octanol–water partition coefficient (Wildman–Crippen LogP) is 5.41. The molecule has 2 atom stereocenters. The van der Waals surface area contributed by atoms with Gasteiger partial charge < -0.3 is 9.47 Å². The molecular weight excluding hydrogens is 276 g/mol. The molecule has 1 aliphatic rings. The molecule has 0 N–H and O–H groups in total. The van der Waals surface area contributed by atoms with E-state index in [0.29, 0.717) is 18.6 Å². The molecule has 0 spiro atoms. The quantitative estimate of drug-likeness (QED) is 0.337. The number of hydrogen-bond acceptors (Lipinski definition) is 3. The van der Waals surface area contributed by atoms with Crippen molar-refractivity contribution < 1.29 is 14.3 Å². The van der Waals surface area contributed by atoms with Crippen molar-refractivity contribution in [2.75, 3.05) is 7.11 Å². The van der Waals surface area contributed by atoms with Crippen molar-refractivity contribution in [3.05, 3.63) is 0 Å². The van der Waals surface area contributed by atoms with E-state index in [1.165, 1.54) is 71.3 Å². The van der Waals surface area contributed by atoms with Gasteiger partial charge in [0.15, 0.2) is 0 Å². The van der Waals surface area contributed by atoms with Gasteiger partial charge in [-0.05, 0) is 32.1 Å². The van der Waals surface area contributed by atoms with E-state index in [9.17, 15) is 4.79 Å². The summed E-state index contributed by atoms with van der Waals surface area (Å²) in [5, 5.41) is 0. The summed E-state index contributed by atoms with van der Waals surface area (Å²) in [6.07, 6.45) is 17.9. The fourth-order valence-electron chi connectivity index (χ4n) is 3.28. The number of hydrogen-bond donors (Lipinski definition) is 0. The van der Waals surface area contributed by atoms with Gasteiger partial charge in [-0.2, -0.15) is 0 Å². The molecule has 22 heavy (non-hydrogen) atoms. The minimum Gasteiger partial charge on any atom is -0.469 e. The van der Waals surface area contributed by atoms with Crippen LogP contribution in [0.3, 0.4) is 0 Å². The van der Waals surface area contributed by atoms with Crippen LogP contribution >= 0.6 is 0 Å². The third-order valence-electron chi connectivity index (χ3n) is 4.71. The Kier molecular flexibility index (Phi) is 11.4. The lowest BCUT2D eigenvalue weighted by atomic mass is 10.0. The number of ether oxygens (including phenoxy) is 2. The van der Waals surface area contributed by atoms with Crippen molar-refractivity contribution in [3.63, 3.8) is 0 Å². The molecule has 1 aliphatic heterocycles. The highest BCUT2D eigenvalue weighted by atomic mass is 16.5. The minimum absolute atomic E-state index is 0.0934. The summed E-state index contributed by atoms with van der Waals surface area (Å²) in [5.41, 5.74) is 0. The van der Waals surface area contributed by atoms with Crippen LogP contribution in [-0.2, 0) is 14.3 Å². The van der Waals surface area contributed by atoms with Crippen LogP contribution in [-0.4, -0.2) is 25.3 Å².